The summed E-state index contributed by atoms with van der Waals surface area (Å²) in [6.45, 7) is 5.44. The van der Waals surface area contributed by atoms with Crippen molar-refractivity contribution in [3.8, 4) is 0 Å². The monoisotopic (exact) mass is 239 g/mol. The van der Waals surface area contributed by atoms with Crippen LogP contribution in [-0.4, -0.2) is 23.3 Å². The van der Waals surface area contributed by atoms with Crippen molar-refractivity contribution < 1.29 is 5.11 Å². The Bertz CT molecular complexity index is 235. The maximum Gasteiger partial charge on any atom is 0.0774 e. The third-order valence-corrected chi connectivity index (χ3v) is 4.80. The van der Waals surface area contributed by atoms with Gasteiger partial charge in [0.05, 0.1) is 5.60 Å². The molecule has 2 rings (SSSR count). The van der Waals surface area contributed by atoms with Crippen molar-refractivity contribution in [1.29, 1.82) is 0 Å². The van der Waals surface area contributed by atoms with Gasteiger partial charge in [-0.25, -0.2) is 0 Å². The molecule has 2 N–H and O–H groups in total. The van der Waals surface area contributed by atoms with Crippen LogP contribution in [0.5, 0.6) is 0 Å². The Morgan fingerprint density at radius 1 is 1.06 bits per heavy atom. The van der Waals surface area contributed by atoms with Gasteiger partial charge in [0.25, 0.3) is 0 Å². The number of aliphatic hydroxyl groups is 1. The SMILES string of the molecule is CC1CCC(NCC2(O)CCCC(C)C2)CC1. The summed E-state index contributed by atoms with van der Waals surface area (Å²) in [6.07, 6.45) is 9.78. The summed E-state index contributed by atoms with van der Waals surface area (Å²) in [5, 5.41) is 14.2. The van der Waals surface area contributed by atoms with Crippen LogP contribution in [0.1, 0.15) is 65.2 Å². The van der Waals surface area contributed by atoms with Crippen molar-refractivity contribution in [3.05, 3.63) is 0 Å². The Kier molecular flexibility index (Phi) is 4.48. The van der Waals surface area contributed by atoms with E-state index in [0.29, 0.717) is 12.0 Å². The van der Waals surface area contributed by atoms with E-state index in [4.69, 9.17) is 0 Å². The van der Waals surface area contributed by atoms with E-state index in [9.17, 15) is 5.11 Å². The van der Waals surface area contributed by atoms with Crippen LogP contribution in [0.25, 0.3) is 0 Å². The lowest BCUT2D eigenvalue weighted by molar-refractivity contribution is -0.0148. The molecule has 0 spiro atoms. The van der Waals surface area contributed by atoms with Gasteiger partial charge in [0.2, 0.25) is 0 Å². The molecule has 100 valence electrons. The molecule has 17 heavy (non-hydrogen) atoms. The fraction of sp³-hybridized carbons (Fsp3) is 1.00. The summed E-state index contributed by atoms with van der Waals surface area (Å²) >= 11 is 0. The predicted molar refractivity (Wildman–Crippen MR) is 72.0 cm³/mol. The van der Waals surface area contributed by atoms with E-state index in [1.807, 2.05) is 0 Å². The lowest BCUT2D eigenvalue weighted by Crippen LogP contribution is -2.47. The first kappa shape index (κ1) is 13.4. The van der Waals surface area contributed by atoms with Crippen LogP contribution in [0.2, 0.25) is 0 Å². The summed E-state index contributed by atoms with van der Waals surface area (Å²) in [7, 11) is 0. The van der Waals surface area contributed by atoms with Crippen molar-refractivity contribution in [2.45, 2.75) is 76.9 Å². The van der Waals surface area contributed by atoms with Gasteiger partial charge in [0.1, 0.15) is 0 Å². The molecule has 2 aliphatic carbocycles. The van der Waals surface area contributed by atoms with E-state index in [-0.39, 0.29) is 0 Å². The minimum Gasteiger partial charge on any atom is -0.389 e. The van der Waals surface area contributed by atoms with Crippen LogP contribution < -0.4 is 5.32 Å². The molecule has 0 saturated heterocycles. The molecule has 2 fully saturated rings. The number of hydrogen-bond donors (Lipinski definition) is 2. The van der Waals surface area contributed by atoms with Crippen LogP contribution in [0.4, 0.5) is 0 Å². The van der Waals surface area contributed by atoms with Gasteiger partial charge in [-0.2, -0.15) is 0 Å². The zero-order valence-electron chi connectivity index (χ0n) is 11.5. The summed E-state index contributed by atoms with van der Waals surface area (Å²) < 4.78 is 0. The van der Waals surface area contributed by atoms with E-state index in [1.165, 1.54) is 38.5 Å². The number of hydrogen-bond acceptors (Lipinski definition) is 2. The molecule has 2 aliphatic rings. The highest BCUT2D eigenvalue weighted by molar-refractivity contribution is 4.88. The quantitative estimate of drug-likeness (QED) is 0.793. The van der Waals surface area contributed by atoms with E-state index in [2.05, 4.69) is 19.2 Å². The van der Waals surface area contributed by atoms with Gasteiger partial charge in [0, 0.05) is 12.6 Å². The average molecular weight is 239 g/mol. The zero-order valence-corrected chi connectivity index (χ0v) is 11.5. The second-order valence-corrected chi connectivity index (χ2v) is 6.76. The van der Waals surface area contributed by atoms with Gasteiger partial charge in [-0.1, -0.05) is 26.7 Å². The molecule has 2 nitrogen and oxygen atoms in total. The van der Waals surface area contributed by atoms with E-state index in [0.717, 1.165) is 25.3 Å². The fourth-order valence-corrected chi connectivity index (χ4v) is 3.59. The predicted octanol–water partition coefficient (Wildman–Crippen LogP) is 3.10. The van der Waals surface area contributed by atoms with Crippen LogP contribution in [0.15, 0.2) is 0 Å². The Morgan fingerprint density at radius 2 is 1.76 bits per heavy atom. The second-order valence-electron chi connectivity index (χ2n) is 6.76. The molecular formula is C15H29NO. The zero-order chi connectivity index (χ0) is 12.3. The molecule has 2 atom stereocenters. The maximum atomic E-state index is 10.6. The molecule has 0 bridgehead atoms. The Balaban J connectivity index is 1.73. The molecular weight excluding hydrogens is 210 g/mol. The first-order valence-electron chi connectivity index (χ1n) is 7.53. The molecule has 2 heteroatoms. The minimum atomic E-state index is -0.416. The summed E-state index contributed by atoms with van der Waals surface area (Å²) in [6, 6.07) is 0.660. The highest BCUT2D eigenvalue weighted by atomic mass is 16.3. The molecule has 0 aromatic heterocycles. The van der Waals surface area contributed by atoms with Gasteiger partial charge in [-0.15, -0.1) is 0 Å². The molecule has 0 aliphatic heterocycles. The number of nitrogens with one attached hydrogen (secondary N) is 1. The van der Waals surface area contributed by atoms with Crippen molar-refractivity contribution in [2.24, 2.45) is 11.8 Å². The molecule has 2 unspecified atom stereocenters. The molecule has 0 heterocycles. The first-order chi connectivity index (χ1) is 8.07. The maximum absolute atomic E-state index is 10.6. The molecule has 0 aromatic carbocycles. The van der Waals surface area contributed by atoms with Crippen LogP contribution in [0, 0.1) is 11.8 Å². The molecule has 2 saturated carbocycles. The highest BCUT2D eigenvalue weighted by Crippen LogP contribution is 2.32. The summed E-state index contributed by atoms with van der Waals surface area (Å²) in [4.78, 5) is 0. The first-order valence-corrected chi connectivity index (χ1v) is 7.53. The third kappa shape index (κ3) is 3.96. The molecule has 0 radical (unpaired) electrons. The Morgan fingerprint density at radius 3 is 2.41 bits per heavy atom. The lowest BCUT2D eigenvalue weighted by Gasteiger charge is -2.37. The van der Waals surface area contributed by atoms with Crippen molar-refractivity contribution >= 4 is 0 Å². The second kappa shape index (κ2) is 5.71. The summed E-state index contributed by atoms with van der Waals surface area (Å²) in [5.74, 6) is 1.60. The van der Waals surface area contributed by atoms with Gasteiger partial charge in [-0.05, 0) is 50.4 Å². The smallest absolute Gasteiger partial charge is 0.0774 e. The van der Waals surface area contributed by atoms with Crippen molar-refractivity contribution in [2.75, 3.05) is 6.54 Å². The normalized spacial score (nSPS) is 43.6. The van der Waals surface area contributed by atoms with Crippen molar-refractivity contribution in [1.82, 2.24) is 5.32 Å². The summed E-state index contributed by atoms with van der Waals surface area (Å²) in [5.41, 5.74) is -0.416. The van der Waals surface area contributed by atoms with Gasteiger partial charge < -0.3 is 10.4 Å². The minimum absolute atomic E-state index is 0.416. The van der Waals surface area contributed by atoms with Gasteiger partial charge >= 0.3 is 0 Å². The highest BCUT2D eigenvalue weighted by Gasteiger charge is 2.33. The molecule has 0 aromatic rings. The third-order valence-electron chi connectivity index (χ3n) is 4.80. The van der Waals surface area contributed by atoms with Crippen LogP contribution in [-0.2, 0) is 0 Å². The van der Waals surface area contributed by atoms with Gasteiger partial charge in [0.15, 0.2) is 0 Å². The fourth-order valence-electron chi connectivity index (χ4n) is 3.59. The molecule has 0 amide bonds. The van der Waals surface area contributed by atoms with E-state index >= 15 is 0 Å². The standard InChI is InChI=1S/C15H29NO/c1-12-5-7-14(8-6-12)16-11-15(17)9-3-4-13(2)10-15/h12-14,16-17H,3-11H2,1-2H3. The topological polar surface area (TPSA) is 32.3 Å². The van der Waals surface area contributed by atoms with E-state index in [1.54, 1.807) is 0 Å². The lowest BCUT2D eigenvalue weighted by atomic mass is 9.78. The van der Waals surface area contributed by atoms with Crippen LogP contribution in [0.3, 0.4) is 0 Å². The largest absolute Gasteiger partial charge is 0.389 e. The number of rotatable bonds is 3. The van der Waals surface area contributed by atoms with E-state index < -0.39 is 5.60 Å². The average Bonchev–Trinajstić information content (AvgIpc) is 2.28. The van der Waals surface area contributed by atoms with Gasteiger partial charge in [-0.3, -0.25) is 0 Å². The Labute approximate surface area is 106 Å². The Hall–Kier alpha value is -0.0800. The van der Waals surface area contributed by atoms with Crippen LogP contribution >= 0.6 is 0 Å². The van der Waals surface area contributed by atoms with Crippen molar-refractivity contribution in [3.63, 3.8) is 0 Å².